The number of hydrogen-bond donors (Lipinski definition) is 0. The van der Waals surface area contributed by atoms with Crippen LogP contribution >= 0.6 is 11.3 Å². The van der Waals surface area contributed by atoms with Gasteiger partial charge in [-0.1, -0.05) is 0 Å². The van der Waals surface area contributed by atoms with Crippen molar-refractivity contribution in [2.45, 2.75) is 51.6 Å². The lowest BCUT2D eigenvalue weighted by molar-refractivity contribution is -0.134. The number of piperidine rings is 1. The molecule has 0 radical (unpaired) electrons. The van der Waals surface area contributed by atoms with Crippen LogP contribution in [0.1, 0.15) is 53.1 Å². The van der Waals surface area contributed by atoms with Crippen LogP contribution in [0.5, 0.6) is 0 Å². The SMILES string of the molecule is Cc1nc(CC(=O)N2CCCC[C@@H]2c2nc3c(c(N(C)C)n2)CN(C)CC3)cs1. The average molecular weight is 415 g/mol. The van der Waals surface area contributed by atoms with Crippen molar-refractivity contribution in [1.29, 1.82) is 0 Å². The number of likely N-dealkylation sites (tertiary alicyclic amines) is 1. The number of aromatic nitrogens is 3. The second kappa shape index (κ2) is 8.36. The van der Waals surface area contributed by atoms with Crippen LogP contribution in [-0.4, -0.2) is 64.9 Å². The molecule has 29 heavy (non-hydrogen) atoms. The van der Waals surface area contributed by atoms with Crippen LogP contribution in [0.3, 0.4) is 0 Å². The molecule has 0 unspecified atom stereocenters. The van der Waals surface area contributed by atoms with Crippen LogP contribution in [0.4, 0.5) is 5.82 Å². The Bertz CT molecular complexity index is 895. The minimum absolute atomic E-state index is 0.0420. The molecule has 1 amide bonds. The first-order valence-corrected chi connectivity index (χ1v) is 11.3. The zero-order valence-corrected chi connectivity index (χ0v) is 18.6. The number of aryl methyl sites for hydroxylation is 1. The summed E-state index contributed by atoms with van der Waals surface area (Å²) >= 11 is 1.59. The molecule has 1 fully saturated rings. The van der Waals surface area contributed by atoms with Gasteiger partial charge < -0.3 is 14.7 Å². The molecule has 0 saturated carbocycles. The molecule has 0 bridgehead atoms. The number of likely N-dealkylation sites (N-methyl/N-ethyl adjacent to an activating group) is 1. The van der Waals surface area contributed by atoms with Crippen molar-refractivity contribution in [1.82, 2.24) is 24.8 Å². The van der Waals surface area contributed by atoms with E-state index in [-0.39, 0.29) is 11.9 Å². The van der Waals surface area contributed by atoms with Gasteiger partial charge in [0.2, 0.25) is 5.91 Å². The van der Waals surface area contributed by atoms with Crippen molar-refractivity contribution in [2.75, 3.05) is 39.1 Å². The standard InChI is InChI=1S/C21H30N6OS/c1-14-22-15(13-29-14)11-19(28)27-9-6-5-7-18(27)20-23-17-8-10-26(4)12-16(17)21(24-20)25(2)3/h13,18H,5-12H2,1-4H3/t18-/m1/s1. The van der Waals surface area contributed by atoms with E-state index >= 15 is 0 Å². The van der Waals surface area contributed by atoms with Crippen LogP contribution in [-0.2, 0) is 24.2 Å². The quantitative estimate of drug-likeness (QED) is 0.766. The highest BCUT2D eigenvalue weighted by molar-refractivity contribution is 7.09. The summed E-state index contributed by atoms with van der Waals surface area (Å²) in [5.41, 5.74) is 3.23. The molecule has 156 valence electrons. The first kappa shape index (κ1) is 20.2. The third-order valence-electron chi connectivity index (χ3n) is 5.79. The largest absolute Gasteiger partial charge is 0.362 e. The van der Waals surface area contributed by atoms with Gasteiger partial charge in [0.05, 0.1) is 28.9 Å². The summed E-state index contributed by atoms with van der Waals surface area (Å²) in [5.74, 6) is 1.93. The molecular formula is C21H30N6OS. The highest BCUT2D eigenvalue weighted by atomic mass is 32.1. The molecule has 2 aromatic heterocycles. The lowest BCUT2D eigenvalue weighted by atomic mass is 9.99. The molecule has 2 aliphatic rings. The van der Waals surface area contributed by atoms with E-state index in [2.05, 4.69) is 21.8 Å². The Balaban J connectivity index is 1.64. The van der Waals surface area contributed by atoms with Gasteiger partial charge in [-0.25, -0.2) is 15.0 Å². The molecule has 1 atom stereocenters. The fourth-order valence-electron chi connectivity index (χ4n) is 4.31. The fourth-order valence-corrected chi connectivity index (χ4v) is 4.93. The van der Waals surface area contributed by atoms with E-state index in [0.717, 1.165) is 73.4 Å². The van der Waals surface area contributed by atoms with Gasteiger partial charge in [-0.05, 0) is 33.2 Å². The molecule has 2 aromatic rings. The number of thiazole rings is 1. The van der Waals surface area contributed by atoms with Gasteiger partial charge in [-0.15, -0.1) is 11.3 Å². The smallest absolute Gasteiger partial charge is 0.229 e. The zero-order chi connectivity index (χ0) is 20.5. The summed E-state index contributed by atoms with van der Waals surface area (Å²) in [6.45, 7) is 4.63. The first-order chi connectivity index (χ1) is 13.9. The van der Waals surface area contributed by atoms with Crippen LogP contribution in [0.15, 0.2) is 5.38 Å². The highest BCUT2D eigenvalue weighted by Crippen LogP contribution is 2.33. The van der Waals surface area contributed by atoms with Gasteiger partial charge in [-0.3, -0.25) is 4.79 Å². The van der Waals surface area contributed by atoms with E-state index in [1.165, 1.54) is 5.56 Å². The minimum Gasteiger partial charge on any atom is -0.362 e. The Hall–Kier alpha value is -2.06. The van der Waals surface area contributed by atoms with Crippen molar-refractivity contribution in [3.8, 4) is 0 Å². The maximum Gasteiger partial charge on any atom is 0.229 e. The van der Waals surface area contributed by atoms with Crippen molar-refractivity contribution in [3.63, 3.8) is 0 Å². The van der Waals surface area contributed by atoms with Gasteiger partial charge >= 0.3 is 0 Å². The fraction of sp³-hybridized carbons (Fsp3) is 0.619. The highest BCUT2D eigenvalue weighted by Gasteiger charge is 2.32. The number of nitrogens with zero attached hydrogens (tertiary/aromatic N) is 6. The summed E-state index contributed by atoms with van der Waals surface area (Å²) in [5, 5.41) is 2.99. The van der Waals surface area contributed by atoms with E-state index in [9.17, 15) is 4.79 Å². The van der Waals surface area contributed by atoms with E-state index in [1.807, 2.05) is 31.3 Å². The Morgan fingerprint density at radius 2 is 2.07 bits per heavy atom. The van der Waals surface area contributed by atoms with Crippen LogP contribution < -0.4 is 4.90 Å². The maximum absolute atomic E-state index is 13.1. The van der Waals surface area contributed by atoms with E-state index < -0.39 is 0 Å². The van der Waals surface area contributed by atoms with E-state index in [1.54, 1.807) is 11.3 Å². The molecule has 0 N–H and O–H groups in total. The number of anilines is 1. The molecular weight excluding hydrogens is 384 g/mol. The number of rotatable bonds is 4. The van der Waals surface area contributed by atoms with Gasteiger partial charge in [0, 0.05) is 51.1 Å². The zero-order valence-electron chi connectivity index (χ0n) is 17.8. The van der Waals surface area contributed by atoms with Crippen LogP contribution in [0.2, 0.25) is 0 Å². The van der Waals surface area contributed by atoms with Crippen LogP contribution in [0, 0.1) is 6.92 Å². The average Bonchev–Trinajstić information content (AvgIpc) is 3.11. The summed E-state index contributed by atoms with van der Waals surface area (Å²) < 4.78 is 0. The summed E-state index contributed by atoms with van der Waals surface area (Å²) in [6.07, 6.45) is 4.35. The second-order valence-corrected chi connectivity index (χ2v) is 9.41. The molecule has 8 heteroatoms. The molecule has 0 aliphatic carbocycles. The van der Waals surface area contributed by atoms with Crippen LogP contribution in [0.25, 0.3) is 0 Å². The molecule has 0 spiro atoms. The summed E-state index contributed by atoms with van der Waals surface area (Å²) in [6, 6.07) is -0.0420. The Kier molecular flexibility index (Phi) is 5.83. The van der Waals surface area contributed by atoms with E-state index in [0.29, 0.717) is 6.42 Å². The number of hydrogen-bond acceptors (Lipinski definition) is 7. The Morgan fingerprint density at radius 3 is 2.79 bits per heavy atom. The predicted molar refractivity (Wildman–Crippen MR) is 115 cm³/mol. The van der Waals surface area contributed by atoms with Gasteiger partial charge in [0.1, 0.15) is 5.82 Å². The molecule has 1 saturated heterocycles. The number of amides is 1. The third-order valence-corrected chi connectivity index (χ3v) is 6.61. The molecule has 4 heterocycles. The van der Waals surface area contributed by atoms with Crippen molar-refractivity contribution in [2.24, 2.45) is 0 Å². The number of fused-ring (bicyclic) bond motifs is 1. The molecule has 2 aliphatic heterocycles. The number of carbonyl (C=O) groups excluding carboxylic acids is 1. The summed E-state index contributed by atoms with van der Waals surface area (Å²) in [7, 11) is 6.21. The van der Waals surface area contributed by atoms with Crippen molar-refractivity contribution >= 4 is 23.1 Å². The minimum atomic E-state index is -0.0420. The maximum atomic E-state index is 13.1. The van der Waals surface area contributed by atoms with Crippen molar-refractivity contribution in [3.05, 3.63) is 33.2 Å². The predicted octanol–water partition coefficient (Wildman–Crippen LogP) is 2.59. The lowest BCUT2D eigenvalue weighted by Crippen LogP contribution is -2.41. The lowest BCUT2D eigenvalue weighted by Gasteiger charge is -2.36. The number of carbonyl (C=O) groups is 1. The monoisotopic (exact) mass is 414 g/mol. The second-order valence-electron chi connectivity index (χ2n) is 8.35. The van der Waals surface area contributed by atoms with E-state index in [4.69, 9.17) is 9.97 Å². The third kappa shape index (κ3) is 4.28. The van der Waals surface area contributed by atoms with Gasteiger partial charge in [-0.2, -0.15) is 0 Å². The summed E-state index contributed by atoms with van der Waals surface area (Å²) in [4.78, 5) is 33.9. The Morgan fingerprint density at radius 1 is 1.24 bits per heavy atom. The topological polar surface area (TPSA) is 65.5 Å². The Labute approximate surface area is 176 Å². The first-order valence-electron chi connectivity index (χ1n) is 10.4. The van der Waals surface area contributed by atoms with Crippen molar-refractivity contribution < 1.29 is 4.79 Å². The van der Waals surface area contributed by atoms with Gasteiger partial charge in [0.15, 0.2) is 5.82 Å². The molecule has 7 nitrogen and oxygen atoms in total. The molecule has 0 aromatic carbocycles. The normalized spacial score (nSPS) is 19.9. The van der Waals surface area contributed by atoms with Gasteiger partial charge in [0.25, 0.3) is 0 Å². The molecule has 4 rings (SSSR count).